The van der Waals surface area contributed by atoms with Gasteiger partial charge in [-0.2, -0.15) is 0 Å². The van der Waals surface area contributed by atoms with Gasteiger partial charge in [0.15, 0.2) is 0 Å². The molecule has 0 bridgehead atoms. The van der Waals surface area contributed by atoms with E-state index in [0.29, 0.717) is 31.5 Å². The molecule has 1 unspecified atom stereocenters. The fourth-order valence-corrected chi connectivity index (χ4v) is 4.43. The van der Waals surface area contributed by atoms with Gasteiger partial charge in [-0.05, 0) is 37.5 Å². The van der Waals surface area contributed by atoms with E-state index in [9.17, 15) is 14.4 Å². The summed E-state index contributed by atoms with van der Waals surface area (Å²) in [5.41, 5.74) is -1.33. The second kappa shape index (κ2) is 6.94. The molecule has 1 aliphatic heterocycles. The van der Waals surface area contributed by atoms with Crippen molar-refractivity contribution in [1.82, 2.24) is 13.7 Å². The Hall–Kier alpha value is -1.63. The van der Waals surface area contributed by atoms with E-state index in [1.165, 1.54) is 13.7 Å². The summed E-state index contributed by atoms with van der Waals surface area (Å²) in [4.78, 5) is 38.5. The highest BCUT2D eigenvalue weighted by Crippen LogP contribution is 2.26. The summed E-state index contributed by atoms with van der Waals surface area (Å²) < 4.78 is 9.06. The average molecular weight is 349 g/mol. The van der Waals surface area contributed by atoms with Gasteiger partial charge in [0.05, 0.1) is 19.3 Å². The van der Waals surface area contributed by atoms with Gasteiger partial charge in [-0.3, -0.25) is 0 Å². The Bertz CT molecular complexity index is 734. The first-order valence-electron chi connectivity index (χ1n) is 9.69. The van der Waals surface area contributed by atoms with Crippen LogP contribution >= 0.6 is 0 Å². The Balaban J connectivity index is 1.73. The molecule has 0 radical (unpaired) electrons. The second-order valence-electron chi connectivity index (χ2n) is 7.94. The minimum atomic E-state index is -0.458. The van der Waals surface area contributed by atoms with Crippen LogP contribution in [-0.4, -0.2) is 26.4 Å². The fraction of sp³-hybridized carbons (Fsp3) is 0.833. The van der Waals surface area contributed by atoms with Gasteiger partial charge in [-0.1, -0.05) is 25.7 Å². The van der Waals surface area contributed by atoms with E-state index in [4.69, 9.17) is 4.74 Å². The first-order chi connectivity index (χ1) is 12.1. The maximum atomic E-state index is 12.9. The van der Waals surface area contributed by atoms with E-state index in [2.05, 4.69) is 0 Å². The Kier molecular flexibility index (Phi) is 4.67. The summed E-state index contributed by atoms with van der Waals surface area (Å²) in [7, 11) is 0. The highest BCUT2D eigenvalue weighted by molar-refractivity contribution is 4.85. The molecule has 0 amide bonds. The van der Waals surface area contributed by atoms with Crippen LogP contribution in [0.3, 0.4) is 0 Å². The van der Waals surface area contributed by atoms with Gasteiger partial charge in [-0.25, -0.2) is 28.1 Å². The van der Waals surface area contributed by atoms with Crippen molar-refractivity contribution < 1.29 is 4.74 Å². The first-order valence-corrected chi connectivity index (χ1v) is 9.69. The minimum absolute atomic E-state index is 0.0669. The van der Waals surface area contributed by atoms with Crippen LogP contribution < -0.4 is 17.1 Å². The van der Waals surface area contributed by atoms with Crippen molar-refractivity contribution in [3.63, 3.8) is 0 Å². The van der Waals surface area contributed by atoms with Crippen LogP contribution in [0.25, 0.3) is 0 Å². The Morgan fingerprint density at radius 1 is 0.680 bits per heavy atom. The van der Waals surface area contributed by atoms with Crippen LogP contribution in [0, 0.1) is 11.8 Å². The molecule has 1 atom stereocenters. The van der Waals surface area contributed by atoms with Crippen molar-refractivity contribution in [1.29, 1.82) is 0 Å². The smallest absolute Gasteiger partial charge is 0.336 e. The van der Waals surface area contributed by atoms with Crippen molar-refractivity contribution >= 4 is 0 Å². The van der Waals surface area contributed by atoms with Crippen LogP contribution in [0.1, 0.15) is 51.4 Å². The molecule has 2 heterocycles. The summed E-state index contributed by atoms with van der Waals surface area (Å²) in [6.45, 7) is 1.71. The maximum Gasteiger partial charge on any atom is 0.336 e. The third-order valence-electron chi connectivity index (χ3n) is 6.01. The predicted molar refractivity (Wildman–Crippen MR) is 92.9 cm³/mol. The van der Waals surface area contributed by atoms with Crippen LogP contribution in [0.2, 0.25) is 0 Å². The molecule has 2 saturated carbocycles. The van der Waals surface area contributed by atoms with E-state index < -0.39 is 17.1 Å². The first kappa shape index (κ1) is 16.8. The van der Waals surface area contributed by atoms with E-state index in [1.54, 1.807) is 0 Å². The topological polar surface area (TPSA) is 78.5 Å². The minimum Gasteiger partial charge on any atom is -0.371 e. The molecule has 3 fully saturated rings. The Morgan fingerprint density at radius 3 is 1.40 bits per heavy atom. The van der Waals surface area contributed by atoms with Crippen molar-refractivity contribution in [3.8, 4) is 0 Å². The van der Waals surface area contributed by atoms with E-state index in [-0.39, 0.29) is 12.6 Å². The lowest BCUT2D eigenvalue weighted by atomic mass is 10.1. The highest BCUT2D eigenvalue weighted by Gasteiger charge is 2.28. The van der Waals surface area contributed by atoms with Gasteiger partial charge in [-0.15, -0.1) is 0 Å². The van der Waals surface area contributed by atoms with Gasteiger partial charge in [0.1, 0.15) is 0 Å². The predicted octanol–water partition coefficient (Wildman–Crippen LogP) is 0.951. The zero-order valence-electron chi connectivity index (χ0n) is 14.7. The van der Waals surface area contributed by atoms with Gasteiger partial charge in [0, 0.05) is 13.1 Å². The normalized spacial score (nSPS) is 24.2. The third kappa shape index (κ3) is 3.52. The second-order valence-corrected chi connectivity index (χ2v) is 7.94. The molecule has 138 valence electrons. The fourth-order valence-electron chi connectivity index (χ4n) is 4.43. The summed E-state index contributed by atoms with van der Waals surface area (Å²) in [5.74, 6) is 0.738. The highest BCUT2D eigenvalue weighted by atomic mass is 16.6. The monoisotopic (exact) mass is 349 g/mol. The molecule has 25 heavy (non-hydrogen) atoms. The molecule has 1 saturated heterocycles. The standard InChI is InChI=1S/C18H27N3O4/c22-16-19(9-13-5-1-2-6-13)17(23)21(11-15-12-25-15)18(24)20(16)10-14-7-3-4-8-14/h13-15H,1-12H2. The van der Waals surface area contributed by atoms with Crippen LogP contribution in [0.5, 0.6) is 0 Å². The summed E-state index contributed by atoms with van der Waals surface area (Å²) in [5, 5.41) is 0. The SMILES string of the molecule is O=c1n(CC2CCCC2)c(=O)n(CC2CO2)c(=O)n1CC1CCCC1. The lowest BCUT2D eigenvalue weighted by Crippen LogP contribution is -2.55. The Morgan fingerprint density at radius 2 is 1.04 bits per heavy atom. The zero-order valence-corrected chi connectivity index (χ0v) is 14.7. The molecule has 0 spiro atoms. The quantitative estimate of drug-likeness (QED) is 0.717. The summed E-state index contributed by atoms with van der Waals surface area (Å²) in [6.07, 6.45) is 8.78. The number of ether oxygens (including phenoxy) is 1. The van der Waals surface area contributed by atoms with Gasteiger partial charge < -0.3 is 4.74 Å². The average Bonchev–Trinajstić information content (AvgIpc) is 3.05. The van der Waals surface area contributed by atoms with Crippen molar-refractivity contribution in [2.24, 2.45) is 11.8 Å². The van der Waals surface area contributed by atoms with Gasteiger partial charge in [0.2, 0.25) is 0 Å². The number of hydrogen-bond donors (Lipinski definition) is 0. The molecule has 0 N–H and O–H groups in total. The Labute approximate surface area is 146 Å². The van der Waals surface area contributed by atoms with Crippen LogP contribution in [0.15, 0.2) is 14.4 Å². The molecule has 3 aliphatic rings. The number of epoxide rings is 1. The van der Waals surface area contributed by atoms with Crippen molar-refractivity contribution in [2.75, 3.05) is 6.61 Å². The van der Waals surface area contributed by atoms with Crippen LogP contribution in [-0.2, 0) is 24.4 Å². The largest absolute Gasteiger partial charge is 0.371 e. The van der Waals surface area contributed by atoms with E-state index >= 15 is 0 Å². The molecule has 7 nitrogen and oxygen atoms in total. The number of aromatic nitrogens is 3. The lowest BCUT2D eigenvalue weighted by molar-refractivity contribution is 0.331. The van der Waals surface area contributed by atoms with Crippen molar-refractivity contribution in [3.05, 3.63) is 31.5 Å². The number of rotatable bonds is 6. The molecule has 1 aromatic heterocycles. The molecule has 7 heteroatoms. The van der Waals surface area contributed by atoms with Crippen LogP contribution in [0.4, 0.5) is 0 Å². The number of nitrogens with zero attached hydrogens (tertiary/aromatic N) is 3. The summed E-state index contributed by atoms with van der Waals surface area (Å²) >= 11 is 0. The van der Waals surface area contributed by atoms with Gasteiger partial charge >= 0.3 is 17.1 Å². The maximum absolute atomic E-state index is 12.9. The molecule has 2 aliphatic carbocycles. The molecule has 0 aromatic carbocycles. The molecular weight excluding hydrogens is 322 g/mol. The third-order valence-corrected chi connectivity index (χ3v) is 6.01. The molecular formula is C18H27N3O4. The van der Waals surface area contributed by atoms with Crippen molar-refractivity contribution in [2.45, 2.75) is 77.1 Å². The summed E-state index contributed by atoms with van der Waals surface area (Å²) in [6, 6.07) is 0. The molecule has 1 aromatic rings. The molecule has 4 rings (SSSR count). The van der Waals surface area contributed by atoms with E-state index in [0.717, 1.165) is 51.4 Å². The number of hydrogen-bond acceptors (Lipinski definition) is 4. The van der Waals surface area contributed by atoms with Gasteiger partial charge in [0.25, 0.3) is 0 Å². The lowest BCUT2D eigenvalue weighted by Gasteiger charge is -2.17. The zero-order chi connectivity index (χ0) is 17.4. The van der Waals surface area contributed by atoms with E-state index in [1.807, 2.05) is 0 Å².